The van der Waals surface area contributed by atoms with Crippen LogP contribution in [-0.2, 0) is 14.3 Å². The predicted octanol–water partition coefficient (Wildman–Crippen LogP) is 20.8. The minimum atomic E-state index is -0.839. The minimum absolute atomic E-state index is 0.0231. The maximum atomic E-state index is 12.4. The fourth-order valence-corrected chi connectivity index (χ4v) is 10.5. The molecule has 0 saturated heterocycles. The monoisotopic (exact) mass is 1020 g/mol. The normalized spacial score (nSPS) is 12.6. The first kappa shape index (κ1) is 70.6. The van der Waals surface area contributed by atoms with Crippen LogP contribution in [0.3, 0.4) is 0 Å². The second kappa shape index (κ2) is 62.1. The van der Waals surface area contributed by atoms with E-state index in [-0.39, 0.29) is 18.5 Å². The van der Waals surface area contributed by atoms with E-state index >= 15 is 0 Å². The van der Waals surface area contributed by atoms with Crippen molar-refractivity contribution in [2.45, 2.75) is 386 Å². The Hall–Kier alpha value is -1.40. The van der Waals surface area contributed by atoms with Gasteiger partial charge in [-0.25, -0.2) is 0 Å². The van der Waals surface area contributed by atoms with Crippen LogP contribution in [0, 0.1) is 0 Å². The van der Waals surface area contributed by atoms with Crippen molar-refractivity contribution < 1.29 is 24.5 Å². The quantitative estimate of drug-likeness (QED) is 0.0320. The lowest BCUT2D eigenvalue weighted by atomic mass is 10.0. The SMILES string of the molecule is CCCCCCCCC/C=C/C(O)C(CO)NC(=O)CCCCCCCCCCCCCCCCCCCCCCCCCCCCCOC(=O)CCCCCCCCCCCCCCCCCCCCC. The highest BCUT2D eigenvalue weighted by Gasteiger charge is 2.18. The smallest absolute Gasteiger partial charge is 0.305 e. The molecule has 0 rings (SSSR count). The number of unbranched alkanes of at least 4 members (excludes halogenated alkanes) is 51. The molecule has 0 radical (unpaired) electrons. The van der Waals surface area contributed by atoms with Crippen molar-refractivity contribution in [3.63, 3.8) is 0 Å². The fraction of sp³-hybridized carbons (Fsp3) is 0.939. The molecule has 0 aliphatic heterocycles. The average Bonchev–Trinajstić information content (AvgIpc) is 3.38. The van der Waals surface area contributed by atoms with E-state index in [0.29, 0.717) is 19.4 Å². The van der Waals surface area contributed by atoms with Crippen LogP contribution in [0.2, 0.25) is 0 Å². The van der Waals surface area contributed by atoms with Crippen molar-refractivity contribution >= 4 is 11.9 Å². The van der Waals surface area contributed by atoms with E-state index in [0.717, 1.165) is 38.5 Å². The van der Waals surface area contributed by atoms with Crippen LogP contribution in [-0.4, -0.2) is 47.4 Å². The second-order valence-electron chi connectivity index (χ2n) is 22.8. The number of hydrogen-bond acceptors (Lipinski definition) is 5. The van der Waals surface area contributed by atoms with Gasteiger partial charge in [0.15, 0.2) is 0 Å². The number of hydrogen-bond donors (Lipinski definition) is 3. The van der Waals surface area contributed by atoms with Crippen LogP contribution in [0.4, 0.5) is 0 Å². The molecule has 0 aliphatic rings. The van der Waals surface area contributed by atoms with Gasteiger partial charge in [0.25, 0.3) is 0 Å². The van der Waals surface area contributed by atoms with Crippen LogP contribution >= 0.6 is 0 Å². The van der Waals surface area contributed by atoms with Crippen molar-refractivity contribution in [1.29, 1.82) is 0 Å². The lowest BCUT2D eigenvalue weighted by Crippen LogP contribution is -2.45. The third-order valence-corrected chi connectivity index (χ3v) is 15.6. The number of aliphatic hydroxyl groups excluding tert-OH is 2. The van der Waals surface area contributed by atoms with Crippen molar-refractivity contribution in [3.8, 4) is 0 Å². The molecule has 2 unspecified atom stereocenters. The molecule has 2 atom stereocenters. The summed E-state index contributed by atoms with van der Waals surface area (Å²) in [6.45, 7) is 4.91. The lowest BCUT2D eigenvalue weighted by molar-refractivity contribution is -0.143. The molecule has 1 amide bonds. The predicted molar refractivity (Wildman–Crippen MR) is 315 cm³/mol. The van der Waals surface area contributed by atoms with Crippen LogP contribution in [0.1, 0.15) is 373 Å². The van der Waals surface area contributed by atoms with Gasteiger partial charge >= 0.3 is 5.97 Å². The molecule has 0 fully saturated rings. The van der Waals surface area contributed by atoms with E-state index in [2.05, 4.69) is 19.2 Å². The van der Waals surface area contributed by atoms with E-state index in [4.69, 9.17) is 4.74 Å². The van der Waals surface area contributed by atoms with E-state index in [1.807, 2.05) is 6.08 Å². The highest BCUT2D eigenvalue weighted by molar-refractivity contribution is 5.76. The maximum absolute atomic E-state index is 12.4. The zero-order chi connectivity index (χ0) is 52.2. The summed E-state index contributed by atoms with van der Waals surface area (Å²) in [4.78, 5) is 24.5. The summed E-state index contributed by atoms with van der Waals surface area (Å²) in [5.74, 6) is -0.0432. The highest BCUT2D eigenvalue weighted by Crippen LogP contribution is 2.19. The number of ether oxygens (including phenoxy) is 1. The summed E-state index contributed by atoms with van der Waals surface area (Å²) in [6.07, 6.45) is 75.8. The Balaban J connectivity index is 3.30. The summed E-state index contributed by atoms with van der Waals surface area (Å²) in [5, 5.41) is 23.0. The third kappa shape index (κ3) is 57.9. The lowest BCUT2D eigenvalue weighted by Gasteiger charge is -2.20. The van der Waals surface area contributed by atoms with Gasteiger partial charge < -0.3 is 20.3 Å². The van der Waals surface area contributed by atoms with Crippen LogP contribution in [0.15, 0.2) is 12.2 Å². The van der Waals surface area contributed by atoms with Gasteiger partial charge in [-0.1, -0.05) is 341 Å². The van der Waals surface area contributed by atoms with E-state index in [1.165, 1.54) is 308 Å². The molecule has 0 heterocycles. The zero-order valence-corrected chi connectivity index (χ0v) is 48.9. The molecule has 0 aromatic rings. The second-order valence-corrected chi connectivity index (χ2v) is 22.8. The molecule has 0 spiro atoms. The molecule has 72 heavy (non-hydrogen) atoms. The highest BCUT2D eigenvalue weighted by atomic mass is 16.5. The average molecular weight is 1020 g/mol. The number of allylic oxidation sites excluding steroid dienone is 1. The van der Waals surface area contributed by atoms with Gasteiger partial charge in [-0.3, -0.25) is 9.59 Å². The largest absolute Gasteiger partial charge is 0.466 e. The Morgan fingerprint density at radius 3 is 0.944 bits per heavy atom. The molecule has 0 aliphatic carbocycles. The molecule has 428 valence electrons. The summed E-state index contributed by atoms with van der Waals surface area (Å²) in [5.41, 5.74) is 0. The summed E-state index contributed by atoms with van der Waals surface area (Å²) >= 11 is 0. The fourth-order valence-electron chi connectivity index (χ4n) is 10.5. The maximum Gasteiger partial charge on any atom is 0.305 e. The number of rotatable bonds is 62. The molecule has 0 saturated carbocycles. The van der Waals surface area contributed by atoms with Gasteiger partial charge in [-0.15, -0.1) is 0 Å². The summed E-state index contributed by atoms with van der Waals surface area (Å²) < 4.78 is 5.51. The first-order chi connectivity index (χ1) is 35.5. The van der Waals surface area contributed by atoms with Gasteiger partial charge in [0.2, 0.25) is 5.91 Å². The van der Waals surface area contributed by atoms with Crippen molar-refractivity contribution in [2.75, 3.05) is 13.2 Å². The third-order valence-electron chi connectivity index (χ3n) is 15.6. The number of esters is 1. The van der Waals surface area contributed by atoms with Gasteiger partial charge in [0.1, 0.15) is 0 Å². The van der Waals surface area contributed by atoms with Gasteiger partial charge in [0.05, 0.1) is 25.4 Å². The number of carbonyl (C=O) groups excluding carboxylic acids is 2. The Labute approximate surface area is 450 Å². The molecular weight excluding hydrogens is 887 g/mol. The Morgan fingerprint density at radius 2 is 0.639 bits per heavy atom. The van der Waals surface area contributed by atoms with Crippen LogP contribution < -0.4 is 5.32 Å². The van der Waals surface area contributed by atoms with Crippen LogP contribution in [0.5, 0.6) is 0 Å². The molecule has 6 nitrogen and oxygen atoms in total. The summed E-state index contributed by atoms with van der Waals surface area (Å²) in [6, 6.07) is -0.623. The molecule has 0 aromatic heterocycles. The Morgan fingerprint density at radius 1 is 0.375 bits per heavy atom. The Bertz CT molecular complexity index is 1080. The first-order valence-electron chi connectivity index (χ1n) is 33.0. The molecule has 0 aromatic carbocycles. The first-order valence-corrected chi connectivity index (χ1v) is 33.0. The van der Waals surface area contributed by atoms with E-state index in [1.54, 1.807) is 6.08 Å². The van der Waals surface area contributed by atoms with E-state index < -0.39 is 12.1 Å². The van der Waals surface area contributed by atoms with Crippen molar-refractivity contribution in [1.82, 2.24) is 5.32 Å². The summed E-state index contributed by atoms with van der Waals surface area (Å²) in [7, 11) is 0. The number of aliphatic hydroxyl groups is 2. The molecular formula is C66H129NO5. The zero-order valence-electron chi connectivity index (χ0n) is 48.9. The topological polar surface area (TPSA) is 95.9 Å². The molecule has 6 heteroatoms. The number of nitrogens with one attached hydrogen (secondary N) is 1. The van der Waals surface area contributed by atoms with Crippen molar-refractivity contribution in [2.24, 2.45) is 0 Å². The Kier molecular flexibility index (Phi) is 60.9. The number of amides is 1. The van der Waals surface area contributed by atoms with Gasteiger partial charge in [-0.2, -0.15) is 0 Å². The van der Waals surface area contributed by atoms with Gasteiger partial charge in [-0.05, 0) is 32.1 Å². The standard InChI is InChI=1S/C66H129NO5/c1-3-5-7-9-11-13-14-15-16-17-27-31-34-37-40-44-48-52-56-60-66(71)72-61-57-53-49-45-41-38-35-32-29-26-24-22-20-18-19-21-23-25-28-30-33-36-39-43-47-51-55-59-65(70)67-63(62-68)64(69)58-54-50-46-42-12-10-8-6-4-2/h54,58,63-64,68-69H,3-53,55-57,59-62H2,1-2H3,(H,67,70)/b58-54+. The van der Waals surface area contributed by atoms with E-state index in [9.17, 15) is 19.8 Å². The van der Waals surface area contributed by atoms with Gasteiger partial charge in [0, 0.05) is 12.8 Å². The molecule has 3 N–H and O–H groups in total. The minimum Gasteiger partial charge on any atom is -0.466 e. The number of carbonyl (C=O) groups is 2. The van der Waals surface area contributed by atoms with Crippen molar-refractivity contribution in [3.05, 3.63) is 12.2 Å². The molecule has 0 bridgehead atoms. The van der Waals surface area contributed by atoms with Crippen LogP contribution in [0.25, 0.3) is 0 Å².